The van der Waals surface area contributed by atoms with Crippen LogP contribution in [0, 0.1) is 23.1 Å². The van der Waals surface area contributed by atoms with E-state index in [1.165, 1.54) is 6.07 Å². The molecule has 0 aromatic heterocycles. The number of aliphatic hydroxyl groups is 1. The van der Waals surface area contributed by atoms with Gasteiger partial charge >= 0.3 is 0 Å². The molecule has 1 rings (SSSR count). The first-order valence-electron chi connectivity index (χ1n) is 7.14. The zero-order chi connectivity index (χ0) is 15.1. The molecule has 0 radical (unpaired) electrons. The predicted octanol–water partition coefficient (Wildman–Crippen LogP) is 3.15. The van der Waals surface area contributed by atoms with Gasteiger partial charge in [0.15, 0.2) is 0 Å². The molecule has 3 nitrogen and oxygen atoms in total. The summed E-state index contributed by atoms with van der Waals surface area (Å²) in [5.41, 5.74) is 0.830. The largest absolute Gasteiger partial charge is 0.392 e. The number of nitrogens with one attached hydrogen (secondary N) is 1. The van der Waals surface area contributed by atoms with Crippen molar-refractivity contribution in [1.82, 2.24) is 5.32 Å². The van der Waals surface area contributed by atoms with Gasteiger partial charge in [0.25, 0.3) is 0 Å². The molecule has 0 fully saturated rings. The molecule has 0 aliphatic carbocycles. The van der Waals surface area contributed by atoms with E-state index in [1.54, 1.807) is 12.1 Å². The summed E-state index contributed by atoms with van der Waals surface area (Å²) >= 11 is 0. The van der Waals surface area contributed by atoms with Crippen molar-refractivity contribution in [3.63, 3.8) is 0 Å². The van der Waals surface area contributed by atoms with E-state index in [0.717, 1.165) is 12.8 Å². The van der Waals surface area contributed by atoms with Gasteiger partial charge in [-0.25, -0.2) is 4.39 Å². The molecule has 0 saturated carbocycles. The summed E-state index contributed by atoms with van der Waals surface area (Å²) in [7, 11) is 0. The predicted molar refractivity (Wildman–Crippen MR) is 77.6 cm³/mol. The van der Waals surface area contributed by atoms with Crippen LogP contribution in [-0.4, -0.2) is 17.8 Å². The number of hydrogen-bond donors (Lipinski definition) is 2. The second-order valence-corrected chi connectivity index (χ2v) is 5.12. The minimum absolute atomic E-state index is 0.202. The van der Waals surface area contributed by atoms with Crippen molar-refractivity contribution >= 4 is 0 Å². The van der Waals surface area contributed by atoms with Gasteiger partial charge in [-0.2, -0.15) is 5.26 Å². The Morgan fingerprint density at radius 1 is 1.35 bits per heavy atom. The average molecular weight is 278 g/mol. The van der Waals surface area contributed by atoms with Gasteiger partial charge in [0.05, 0.1) is 17.7 Å². The van der Waals surface area contributed by atoms with Crippen molar-refractivity contribution in [2.45, 2.75) is 45.8 Å². The lowest BCUT2D eigenvalue weighted by Gasteiger charge is -2.23. The van der Waals surface area contributed by atoms with E-state index in [4.69, 9.17) is 5.26 Å². The van der Waals surface area contributed by atoms with Crippen molar-refractivity contribution in [2.75, 3.05) is 6.54 Å². The minimum atomic E-state index is -0.422. The zero-order valence-corrected chi connectivity index (χ0v) is 12.4. The highest BCUT2D eigenvalue weighted by Crippen LogP contribution is 2.19. The van der Waals surface area contributed by atoms with Gasteiger partial charge in [-0.15, -0.1) is 0 Å². The fourth-order valence-corrected chi connectivity index (χ4v) is 2.35. The van der Waals surface area contributed by atoms with Crippen LogP contribution in [0.15, 0.2) is 18.2 Å². The first-order chi connectivity index (χ1) is 9.53. The van der Waals surface area contributed by atoms with Crippen LogP contribution in [0.4, 0.5) is 4.39 Å². The number of halogens is 1. The van der Waals surface area contributed by atoms with Crippen molar-refractivity contribution in [2.24, 2.45) is 5.92 Å². The van der Waals surface area contributed by atoms with Crippen molar-refractivity contribution in [1.29, 1.82) is 5.26 Å². The van der Waals surface area contributed by atoms with Crippen LogP contribution in [-0.2, 0) is 0 Å². The number of nitriles is 1. The summed E-state index contributed by atoms with van der Waals surface area (Å²) in [6, 6.07) is 6.18. The maximum atomic E-state index is 13.8. The van der Waals surface area contributed by atoms with E-state index < -0.39 is 6.10 Å². The Balaban J connectivity index is 2.63. The molecule has 2 N–H and O–H groups in total. The lowest BCUT2D eigenvalue weighted by Crippen LogP contribution is -2.34. The number of nitrogens with zero attached hydrogens (tertiary/aromatic N) is 1. The highest BCUT2D eigenvalue weighted by atomic mass is 19.1. The maximum Gasteiger partial charge on any atom is 0.129 e. The summed E-state index contributed by atoms with van der Waals surface area (Å²) in [6.45, 7) is 6.40. The highest BCUT2D eigenvalue weighted by molar-refractivity contribution is 5.34. The standard InChI is InChI=1S/C16H23FN2O/c1-4-13(5-2)16(20)10-19-11(3)14-7-6-12(9-18)8-15(14)17/h6-8,11,13,16,19-20H,4-5,10H2,1-3H3. The maximum absolute atomic E-state index is 13.8. The molecule has 1 aromatic carbocycles. The smallest absolute Gasteiger partial charge is 0.129 e. The van der Waals surface area contributed by atoms with E-state index >= 15 is 0 Å². The third kappa shape index (κ3) is 4.29. The van der Waals surface area contributed by atoms with Crippen molar-refractivity contribution in [3.8, 4) is 6.07 Å². The van der Waals surface area contributed by atoms with Gasteiger partial charge in [-0.05, 0) is 25.0 Å². The van der Waals surface area contributed by atoms with E-state index in [1.807, 2.05) is 13.0 Å². The molecule has 110 valence electrons. The molecule has 4 heteroatoms. The van der Waals surface area contributed by atoms with Crippen LogP contribution in [0.1, 0.15) is 50.8 Å². The topological polar surface area (TPSA) is 56.0 Å². The Hall–Kier alpha value is -1.44. The molecule has 0 aliphatic rings. The van der Waals surface area contributed by atoms with Gasteiger partial charge in [0, 0.05) is 18.2 Å². The zero-order valence-electron chi connectivity index (χ0n) is 12.4. The van der Waals surface area contributed by atoms with Crippen molar-refractivity contribution in [3.05, 3.63) is 35.1 Å². The Bertz CT molecular complexity index is 466. The van der Waals surface area contributed by atoms with Crippen molar-refractivity contribution < 1.29 is 9.50 Å². The number of benzene rings is 1. The third-order valence-electron chi connectivity index (χ3n) is 3.82. The molecule has 20 heavy (non-hydrogen) atoms. The second-order valence-electron chi connectivity index (χ2n) is 5.12. The third-order valence-corrected chi connectivity index (χ3v) is 3.82. The Morgan fingerprint density at radius 3 is 2.50 bits per heavy atom. The van der Waals surface area contributed by atoms with Gasteiger partial charge in [-0.1, -0.05) is 32.8 Å². The van der Waals surface area contributed by atoms with Gasteiger partial charge in [-0.3, -0.25) is 0 Å². The Morgan fingerprint density at radius 2 is 2.00 bits per heavy atom. The quantitative estimate of drug-likeness (QED) is 0.805. The molecule has 0 aliphatic heterocycles. The summed E-state index contributed by atoms with van der Waals surface area (Å²) in [5.74, 6) is -0.124. The van der Waals surface area contributed by atoms with Gasteiger partial charge in [0.2, 0.25) is 0 Å². The first kappa shape index (κ1) is 16.6. The van der Waals surface area contributed by atoms with E-state index in [2.05, 4.69) is 19.2 Å². The SMILES string of the molecule is CCC(CC)C(O)CNC(C)c1ccc(C#N)cc1F. The normalized spacial score (nSPS) is 14.1. The fraction of sp³-hybridized carbons (Fsp3) is 0.562. The van der Waals surface area contributed by atoms with E-state index in [0.29, 0.717) is 17.7 Å². The first-order valence-corrected chi connectivity index (χ1v) is 7.14. The van der Waals surface area contributed by atoms with Crippen LogP contribution in [0.25, 0.3) is 0 Å². The van der Waals surface area contributed by atoms with E-state index in [9.17, 15) is 9.50 Å². The molecular formula is C16H23FN2O. The van der Waals surface area contributed by atoms with Crippen LogP contribution in [0.3, 0.4) is 0 Å². The number of aliphatic hydroxyl groups excluding tert-OH is 1. The van der Waals surface area contributed by atoms with Crippen LogP contribution in [0.2, 0.25) is 0 Å². The Labute approximate surface area is 120 Å². The molecule has 1 aromatic rings. The summed E-state index contributed by atoms with van der Waals surface area (Å²) in [5, 5.41) is 21.9. The monoisotopic (exact) mass is 278 g/mol. The molecule has 0 heterocycles. The van der Waals surface area contributed by atoms with Gasteiger partial charge < -0.3 is 10.4 Å². The fourth-order valence-electron chi connectivity index (χ4n) is 2.35. The molecular weight excluding hydrogens is 255 g/mol. The number of hydrogen-bond acceptors (Lipinski definition) is 3. The Kier molecular flexibility index (Phi) is 6.63. The molecule has 0 saturated heterocycles. The molecule has 2 atom stereocenters. The van der Waals surface area contributed by atoms with Crippen LogP contribution < -0.4 is 5.32 Å². The molecule has 0 spiro atoms. The summed E-state index contributed by atoms with van der Waals surface area (Å²) in [4.78, 5) is 0. The average Bonchev–Trinajstić information content (AvgIpc) is 2.45. The lowest BCUT2D eigenvalue weighted by atomic mass is 9.96. The summed E-state index contributed by atoms with van der Waals surface area (Å²) < 4.78 is 13.8. The lowest BCUT2D eigenvalue weighted by molar-refractivity contribution is 0.0987. The minimum Gasteiger partial charge on any atom is -0.392 e. The highest BCUT2D eigenvalue weighted by Gasteiger charge is 2.17. The van der Waals surface area contributed by atoms with Crippen LogP contribution >= 0.6 is 0 Å². The molecule has 2 unspecified atom stereocenters. The summed E-state index contributed by atoms with van der Waals surface area (Å²) in [6.07, 6.45) is 1.44. The van der Waals surface area contributed by atoms with Gasteiger partial charge in [0.1, 0.15) is 5.82 Å². The van der Waals surface area contributed by atoms with E-state index in [-0.39, 0.29) is 17.8 Å². The second kappa shape index (κ2) is 7.98. The molecule has 0 amide bonds. The molecule has 0 bridgehead atoms. The van der Waals surface area contributed by atoms with Crippen LogP contribution in [0.5, 0.6) is 0 Å². The number of rotatable bonds is 7.